The third kappa shape index (κ3) is 2.33. The van der Waals surface area contributed by atoms with Crippen molar-refractivity contribution >= 4 is 17.0 Å². The summed E-state index contributed by atoms with van der Waals surface area (Å²) < 4.78 is 38.8. The summed E-state index contributed by atoms with van der Waals surface area (Å²) in [6, 6.07) is 1.41. The number of hydrogen-bond donors (Lipinski definition) is 1. The SMILES string of the molecule is Fc1cc(F)c(F)c(NCc2nccs2)c1. The Morgan fingerprint density at radius 3 is 2.75 bits per heavy atom. The van der Waals surface area contributed by atoms with Gasteiger partial charge in [-0.25, -0.2) is 18.2 Å². The van der Waals surface area contributed by atoms with Gasteiger partial charge in [-0.1, -0.05) is 0 Å². The lowest BCUT2D eigenvalue weighted by Crippen LogP contribution is -2.03. The summed E-state index contributed by atoms with van der Waals surface area (Å²) in [5.74, 6) is -3.11. The van der Waals surface area contributed by atoms with Crippen LogP contribution in [0.3, 0.4) is 0 Å². The van der Waals surface area contributed by atoms with Gasteiger partial charge in [-0.2, -0.15) is 0 Å². The van der Waals surface area contributed by atoms with Crippen LogP contribution in [-0.4, -0.2) is 4.98 Å². The molecule has 0 bridgehead atoms. The molecule has 0 fully saturated rings. The lowest BCUT2D eigenvalue weighted by atomic mass is 10.3. The minimum Gasteiger partial charge on any atom is -0.376 e. The van der Waals surface area contributed by atoms with E-state index < -0.39 is 17.5 Å². The molecule has 0 unspecified atom stereocenters. The van der Waals surface area contributed by atoms with Crippen molar-refractivity contribution in [2.75, 3.05) is 5.32 Å². The minimum atomic E-state index is -1.21. The predicted octanol–water partition coefficient (Wildman–Crippen LogP) is 3.17. The molecule has 1 heterocycles. The van der Waals surface area contributed by atoms with E-state index in [4.69, 9.17) is 0 Å². The highest BCUT2D eigenvalue weighted by molar-refractivity contribution is 7.09. The van der Waals surface area contributed by atoms with Gasteiger partial charge in [0.2, 0.25) is 0 Å². The maximum absolute atomic E-state index is 13.2. The number of nitrogens with one attached hydrogen (secondary N) is 1. The molecule has 2 aromatic rings. The van der Waals surface area contributed by atoms with Crippen molar-refractivity contribution in [3.63, 3.8) is 0 Å². The zero-order valence-electron chi connectivity index (χ0n) is 8.01. The summed E-state index contributed by atoms with van der Waals surface area (Å²) in [6.07, 6.45) is 1.60. The summed E-state index contributed by atoms with van der Waals surface area (Å²) in [4.78, 5) is 3.95. The average Bonchev–Trinajstić information content (AvgIpc) is 2.74. The van der Waals surface area contributed by atoms with Crippen LogP contribution in [0.15, 0.2) is 23.7 Å². The van der Waals surface area contributed by atoms with Gasteiger partial charge in [0.1, 0.15) is 10.8 Å². The topological polar surface area (TPSA) is 24.9 Å². The summed E-state index contributed by atoms with van der Waals surface area (Å²) >= 11 is 1.37. The van der Waals surface area contributed by atoms with Gasteiger partial charge in [0.15, 0.2) is 11.6 Å². The molecule has 1 N–H and O–H groups in total. The Labute approximate surface area is 93.8 Å². The van der Waals surface area contributed by atoms with E-state index in [1.807, 2.05) is 0 Å². The maximum Gasteiger partial charge on any atom is 0.182 e. The summed E-state index contributed by atoms with van der Waals surface area (Å²) in [6.45, 7) is 0.234. The monoisotopic (exact) mass is 244 g/mol. The quantitative estimate of drug-likeness (QED) is 0.839. The molecule has 0 saturated heterocycles. The fourth-order valence-corrected chi connectivity index (χ4v) is 1.75. The van der Waals surface area contributed by atoms with E-state index in [0.29, 0.717) is 11.1 Å². The molecular formula is C10H7F3N2S. The summed E-state index contributed by atoms with van der Waals surface area (Å²) in [5.41, 5.74) is -0.201. The zero-order chi connectivity index (χ0) is 11.5. The summed E-state index contributed by atoms with van der Waals surface area (Å²) in [5, 5.41) is 5.07. The molecule has 6 heteroatoms. The van der Waals surface area contributed by atoms with Crippen molar-refractivity contribution in [2.45, 2.75) is 6.54 Å². The molecule has 0 spiro atoms. The Morgan fingerprint density at radius 2 is 2.06 bits per heavy atom. The first kappa shape index (κ1) is 10.9. The molecule has 1 aromatic heterocycles. The van der Waals surface area contributed by atoms with Gasteiger partial charge >= 0.3 is 0 Å². The number of rotatable bonds is 3. The predicted molar refractivity (Wildman–Crippen MR) is 55.8 cm³/mol. The van der Waals surface area contributed by atoms with Crippen molar-refractivity contribution in [2.24, 2.45) is 0 Å². The number of thiazole rings is 1. The molecular weight excluding hydrogens is 237 g/mol. The van der Waals surface area contributed by atoms with Crippen molar-refractivity contribution < 1.29 is 13.2 Å². The number of anilines is 1. The van der Waals surface area contributed by atoms with Gasteiger partial charge in [0.25, 0.3) is 0 Å². The Balaban J connectivity index is 2.15. The van der Waals surface area contributed by atoms with Gasteiger partial charge in [-0.05, 0) is 0 Å². The first-order valence-electron chi connectivity index (χ1n) is 4.43. The molecule has 2 nitrogen and oxygen atoms in total. The van der Waals surface area contributed by atoms with Crippen LogP contribution >= 0.6 is 11.3 Å². The van der Waals surface area contributed by atoms with Crippen molar-refractivity contribution in [3.05, 3.63) is 46.2 Å². The van der Waals surface area contributed by atoms with Crippen LogP contribution in [0.1, 0.15) is 5.01 Å². The highest BCUT2D eigenvalue weighted by Gasteiger charge is 2.10. The van der Waals surface area contributed by atoms with Crippen molar-refractivity contribution in [3.8, 4) is 0 Å². The molecule has 2 rings (SSSR count). The molecule has 0 aliphatic rings. The van der Waals surface area contributed by atoms with Crippen molar-refractivity contribution in [1.29, 1.82) is 0 Å². The van der Waals surface area contributed by atoms with Crippen LogP contribution in [0.5, 0.6) is 0 Å². The molecule has 0 atom stereocenters. The van der Waals surface area contributed by atoms with Crippen LogP contribution < -0.4 is 5.32 Å². The van der Waals surface area contributed by atoms with Crippen molar-refractivity contribution in [1.82, 2.24) is 4.98 Å². The lowest BCUT2D eigenvalue weighted by molar-refractivity contribution is 0.497. The van der Waals surface area contributed by atoms with E-state index in [9.17, 15) is 13.2 Å². The minimum absolute atomic E-state index is 0.201. The molecule has 0 radical (unpaired) electrons. The number of halogens is 3. The number of hydrogen-bond acceptors (Lipinski definition) is 3. The highest BCUT2D eigenvalue weighted by atomic mass is 32.1. The lowest BCUT2D eigenvalue weighted by Gasteiger charge is -2.06. The van der Waals surface area contributed by atoms with Crippen LogP contribution in [0.2, 0.25) is 0 Å². The molecule has 16 heavy (non-hydrogen) atoms. The second-order valence-electron chi connectivity index (χ2n) is 3.03. The number of benzene rings is 1. The second kappa shape index (κ2) is 4.52. The number of aromatic nitrogens is 1. The second-order valence-corrected chi connectivity index (χ2v) is 4.01. The largest absolute Gasteiger partial charge is 0.376 e. The van der Waals surface area contributed by atoms with E-state index in [-0.39, 0.29) is 12.2 Å². The van der Waals surface area contributed by atoms with Gasteiger partial charge in [-0.15, -0.1) is 11.3 Å². The van der Waals surface area contributed by atoms with E-state index in [1.165, 1.54) is 11.3 Å². The molecule has 0 aliphatic carbocycles. The van der Waals surface area contributed by atoms with E-state index in [0.717, 1.165) is 6.07 Å². The molecule has 0 amide bonds. The Morgan fingerprint density at radius 1 is 1.25 bits per heavy atom. The fourth-order valence-electron chi connectivity index (χ4n) is 1.20. The molecule has 0 saturated carbocycles. The standard InChI is InChI=1S/C10H7F3N2S/c11-6-3-7(12)10(13)8(4-6)15-5-9-14-1-2-16-9/h1-4,15H,5H2. The maximum atomic E-state index is 13.2. The Hall–Kier alpha value is -1.56. The van der Waals surface area contributed by atoms with E-state index >= 15 is 0 Å². The van der Waals surface area contributed by atoms with Crippen LogP contribution in [0.25, 0.3) is 0 Å². The van der Waals surface area contributed by atoms with Crippen LogP contribution in [-0.2, 0) is 6.54 Å². The van der Waals surface area contributed by atoms with Gasteiger partial charge in [-0.3, -0.25) is 0 Å². The van der Waals surface area contributed by atoms with Gasteiger partial charge in [0, 0.05) is 23.7 Å². The Kier molecular flexibility index (Phi) is 3.09. The van der Waals surface area contributed by atoms with Crippen LogP contribution in [0.4, 0.5) is 18.9 Å². The fraction of sp³-hybridized carbons (Fsp3) is 0.100. The third-order valence-electron chi connectivity index (χ3n) is 1.91. The molecule has 84 valence electrons. The van der Waals surface area contributed by atoms with Gasteiger partial charge in [0.05, 0.1) is 12.2 Å². The first-order chi connectivity index (χ1) is 7.66. The third-order valence-corrected chi connectivity index (χ3v) is 2.69. The Bertz CT molecular complexity index is 485. The number of nitrogens with zero attached hydrogens (tertiary/aromatic N) is 1. The summed E-state index contributed by atoms with van der Waals surface area (Å²) in [7, 11) is 0. The van der Waals surface area contributed by atoms with E-state index in [2.05, 4.69) is 10.3 Å². The average molecular weight is 244 g/mol. The normalized spacial score (nSPS) is 10.4. The van der Waals surface area contributed by atoms with Gasteiger partial charge < -0.3 is 5.32 Å². The highest BCUT2D eigenvalue weighted by Crippen LogP contribution is 2.20. The van der Waals surface area contributed by atoms with E-state index in [1.54, 1.807) is 11.6 Å². The smallest absolute Gasteiger partial charge is 0.182 e. The molecule has 0 aliphatic heterocycles. The first-order valence-corrected chi connectivity index (χ1v) is 5.31. The van der Waals surface area contributed by atoms with Crippen LogP contribution in [0, 0.1) is 17.5 Å². The molecule has 1 aromatic carbocycles. The zero-order valence-corrected chi connectivity index (χ0v) is 8.82.